The van der Waals surface area contributed by atoms with Crippen molar-refractivity contribution in [1.82, 2.24) is 12.3 Å². The van der Waals surface area contributed by atoms with Gasteiger partial charge in [0.15, 0.2) is 0 Å². The molecule has 0 rings (SSSR count). The number of rotatable bonds is 2. The molecule has 0 aliphatic heterocycles. The number of aliphatic hydroxyl groups is 2. The van der Waals surface area contributed by atoms with Crippen molar-refractivity contribution in [2.24, 2.45) is 0 Å². The molecule has 0 saturated heterocycles. The zero-order valence-corrected chi connectivity index (χ0v) is 4.93. The van der Waals surface area contributed by atoms with Crippen molar-refractivity contribution in [2.45, 2.75) is 0 Å². The molecule has 0 aromatic heterocycles. The zero-order chi connectivity index (χ0) is 4.99. The van der Waals surface area contributed by atoms with E-state index in [2.05, 4.69) is 6.58 Å². The average molecular weight is 122 g/mol. The predicted octanol–water partition coefficient (Wildman–Crippen LogP) is -0.149. The second kappa shape index (κ2) is 9.77. The molecule has 4 heteroatoms. The van der Waals surface area contributed by atoms with E-state index in [-0.39, 0.29) is 25.5 Å². The topological polar surface area (TPSA) is 110 Å². The van der Waals surface area contributed by atoms with Crippen LogP contribution in [0.4, 0.5) is 0 Å². The van der Waals surface area contributed by atoms with Crippen molar-refractivity contribution in [3.63, 3.8) is 0 Å². The Morgan fingerprint density at radius 2 is 1.38 bits per heavy atom. The molecule has 0 heterocycles. The molecule has 0 atom stereocenters. The molecule has 0 aliphatic rings. The van der Waals surface area contributed by atoms with Crippen LogP contribution in [0.1, 0.15) is 0 Å². The predicted molar refractivity (Wildman–Crippen MR) is 33.4 cm³/mol. The number of aliphatic hydroxyl groups excluding tert-OH is 2. The molecule has 0 amide bonds. The lowest BCUT2D eigenvalue weighted by Gasteiger charge is -1.88. The van der Waals surface area contributed by atoms with Crippen LogP contribution >= 0.6 is 0 Å². The van der Waals surface area contributed by atoms with E-state index in [4.69, 9.17) is 10.2 Å². The van der Waals surface area contributed by atoms with Gasteiger partial charge >= 0.3 is 0 Å². The third-order valence-corrected chi connectivity index (χ3v) is 0.447. The molecular formula is C4H14N2O2. The maximum Gasteiger partial charge on any atom is 0.0661 e. The lowest BCUT2D eigenvalue weighted by atomic mass is 10.4. The lowest BCUT2D eigenvalue weighted by Crippen LogP contribution is -1.91. The van der Waals surface area contributed by atoms with Crippen molar-refractivity contribution in [2.75, 3.05) is 13.2 Å². The van der Waals surface area contributed by atoms with Gasteiger partial charge in [-0.2, -0.15) is 0 Å². The van der Waals surface area contributed by atoms with Gasteiger partial charge in [0.1, 0.15) is 0 Å². The van der Waals surface area contributed by atoms with Gasteiger partial charge in [0.05, 0.1) is 13.2 Å². The fraction of sp³-hybridized carbons (Fsp3) is 0.500. The molecule has 0 aromatic rings. The summed E-state index contributed by atoms with van der Waals surface area (Å²) in [7, 11) is 0. The summed E-state index contributed by atoms with van der Waals surface area (Å²) >= 11 is 0. The molecule has 0 bridgehead atoms. The molecule has 0 radical (unpaired) electrons. The smallest absolute Gasteiger partial charge is 0.0661 e. The lowest BCUT2D eigenvalue weighted by molar-refractivity contribution is 0.277. The Labute approximate surface area is 49.0 Å². The van der Waals surface area contributed by atoms with Crippen LogP contribution in [-0.4, -0.2) is 23.4 Å². The highest BCUT2D eigenvalue weighted by Gasteiger charge is 1.80. The van der Waals surface area contributed by atoms with E-state index >= 15 is 0 Å². The molecule has 0 aromatic carbocycles. The number of hydrogen-bond donors (Lipinski definition) is 4. The molecule has 0 fully saturated rings. The molecule has 0 spiro atoms. The molecule has 8 heavy (non-hydrogen) atoms. The van der Waals surface area contributed by atoms with Gasteiger partial charge < -0.3 is 22.5 Å². The van der Waals surface area contributed by atoms with E-state index in [1.807, 2.05) is 0 Å². The van der Waals surface area contributed by atoms with E-state index in [0.717, 1.165) is 0 Å². The Morgan fingerprint density at radius 3 is 1.38 bits per heavy atom. The van der Waals surface area contributed by atoms with Gasteiger partial charge in [0.2, 0.25) is 0 Å². The fourth-order valence-electron chi connectivity index (χ4n) is 0.0500. The summed E-state index contributed by atoms with van der Waals surface area (Å²) in [6.07, 6.45) is 0. The molecular weight excluding hydrogens is 108 g/mol. The first-order chi connectivity index (χ1) is 2.81. The molecule has 0 unspecified atom stereocenters. The van der Waals surface area contributed by atoms with Crippen LogP contribution in [0.25, 0.3) is 0 Å². The van der Waals surface area contributed by atoms with Crippen LogP contribution in [0.3, 0.4) is 0 Å². The van der Waals surface area contributed by atoms with Gasteiger partial charge in [-0.15, -0.1) is 0 Å². The minimum Gasteiger partial charge on any atom is -0.392 e. The zero-order valence-electron chi connectivity index (χ0n) is 4.93. The van der Waals surface area contributed by atoms with Gasteiger partial charge in [-0.3, -0.25) is 0 Å². The summed E-state index contributed by atoms with van der Waals surface area (Å²) in [6.45, 7) is 3.06. The van der Waals surface area contributed by atoms with Gasteiger partial charge in [0.25, 0.3) is 0 Å². The maximum atomic E-state index is 8.08. The van der Waals surface area contributed by atoms with Crippen molar-refractivity contribution in [1.29, 1.82) is 0 Å². The van der Waals surface area contributed by atoms with E-state index in [9.17, 15) is 0 Å². The molecule has 4 nitrogen and oxygen atoms in total. The highest BCUT2D eigenvalue weighted by Crippen LogP contribution is 1.79. The Hall–Kier alpha value is -0.420. The first-order valence-corrected chi connectivity index (χ1v) is 1.69. The summed E-state index contributed by atoms with van der Waals surface area (Å²) in [5.74, 6) is 0. The number of hydrogen-bond acceptors (Lipinski definition) is 4. The Bertz CT molecular complexity index is 50.0. The molecule has 52 valence electrons. The molecule has 8 N–H and O–H groups in total. The fourth-order valence-corrected chi connectivity index (χ4v) is 0.0500. The maximum absolute atomic E-state index is 8.08. The van der Waals surface area contributed by atoms with Crippen LogP contribution < -0.4 is 12.3 Å². The summed E-state index contributed by atoms with van der Waals surface area (Å²) in [5, 5.41) is 16.2. The van der Waals surface area contributed by atoms with Gasteiger partial charge in [-0.1, -0.05) is 6.58 Å². The summed E-state index contributed by atoms with van der Waals surface area (Å²) < 4.78 is 0. The van der Waals surface area contributed by atoms with Crippen LogP contribution in [-0.2, 0) is 0 Å². The standard InChI is InChI=1S/C4H8O2.2H3N/c1-4(2-5)3-6;;/h5-6H,1-3H2;2*1H3. The second-order valence-electron chi connectivity index (χ2n) is 1.07. The Balaban J connectivity index is -0.000000125. The first-order valence-electron chi connectivity index (χ1n) is 1.69. The van der Waals surface area contributed by atoms with Crippen LogP contribution in [0, 0.1) is 0 Å². The first kappa shape index (κ1) is 15.6. The summed E-state index contributed by atoms with van der Waals surface area (Å²) in [6, 6.07) is 0. The summed E-state index contributed by atoms with van der Waals surface area (Å²) in [5.41, 5.74) is 0.454. The minimum atomic E-state index is -0.115. The van der Waals surface area contributed by atoms with Crippen molar-refractivity contribution >= 4 is 0 Å². The SMILES string of the molecule is C=C(CO)CO.N.N. The van der Waals surface area contributed by atoms with Crippen LogP contribution in [0.15, 0.2) is 12.2 Å². The third-order valence-electron chi connectivity index (χ3n) is 0.447. The average Bonchev–Trinajstić information content (AvgIpc) is 1.65. The van der Waals surface area contributed by atoms with E-state index in [0.29, 0.717) is 5.57 Å². The second-order valence-corrected chi connectivity index (χ2v) is 1.07. The van der Waals surface area contributed by atoms with E-state index in [1.54, 1.807) is 0 Å². The van der Waals surface area contributed by atoms with Gasteiger partial charge in [-0.25, -0.2) is 0 Å². The van der Waals surface area contributed by atoms with Crippen molar-refractivity contribution < 1.29 is 10.2 Å². The Morgan fingerprint density at radius 1 is 1.12 bits per heavy atom. The largest absolute Gasteiger partial charge is 0.392 e. The van der Waals surface area contributed by atoms with Crippen LogP contribution in [0.5, 0.6) is 0 Å². The van der Waals surface area contributed by atoms with E-state index < -0.39 is 0 Å². The minimum absolute atomic E-state index is 0. The molecule has 0 aliphatic carbocycles. The van der Waals surface area contributed by atoms with Gasteiger partial charge in [0, 0.05) is 0 Å². The Kier molecular flexibility index (Phi) is 19.1. The third kappa shape index (κ3) is 9.13. The highest BCUT2D eigenvalue weighted by atomic mass is 16.3. The van der Waals surface area contributed by atoms with Crippen LogP contribution in [0.2, 0.25) is 0 Å². The molecule has 0 saturated carbocycles. The monoisotopic (exact) mass is 122 g/mol. The quantitative estimate of drug-likeness (QED) is 0.382. The van der Waals surface area contributed by atoms with Gasteiger partial charge in [-0.05, 0) is 5.57 Å². The van der Waals surface area contributed by atoms with Crippen molar-refractivity contribution in [3.8, 4) is 0 Å². The van der Waals surface area contributed by atoms with Crippen molar-refractivity contribution in [3.05, 3.63) is 12.2 Å². The highest BCUT2D eigenvalue weighted by molar-refractivity contribution is 4.92. The summed E-state index contributed by atoms with van der Waals surface area (Å²) in [4.78, 5) is 0. The normalized spacial score (nSPS) is 6.25. The van der Waals surface area contributed by atoms with E-state index in [1.165, 1.54) is 0 Å².